The van der Waals surface area contributed by atoms with Crippen LogP contribution in [0.4, 0.5) is 19.1 Å². The highest BCUT2D eigenvalue weighted by molar-refractivity contribution is 7.15. The molecule has 0 bridgehead atoms. The summed E-state index contributed by atoms with van der Waals surface area (Å²) >= 11 is 1.27. The fourth-order valence-corrected chi connectivity index (χ4v) is 5.71. The van der Waals surface area contributed by atoms with Crippen LogP contribution in [-0.2, 0) is 11.8 Å². The monoisotopic (exact) mass is 539 g/mol. The molecule has 38 heavy (non-hydrogen) atoms. The van der Waals surface area contributed by atoms with Crippen molar-refractivity contribution in [3.05, 3.63) is 83.0 Å². The lowest BCUT2D eigenvalue weighted by Gasteiger charge is -2.34. The Labute approximate surface area is 223 Å². The van der Waals surface area contributed by atoms with E-state index in [1.165, 1.54) is 17.4 Å². The molecule has 198 valence electrons. The van der Waals surface area contributed by atoms with E-state index in [2.05, 4.69) is 15.2 Å². The van der Waals surface area contributed by atoms with Crippen LogP contribution in [0.3, 0.4) is 0 Å². The number of hydrogen-bond acceptors (Lipinski definition) is 7. The second-order valence-electron chi connectivity index (χ2n) is 9.65. The van der Waals surface area contributed by atoms with Gasteiger partial charge in [-0.05, 0) is 50.6 Å². The Bertz CT molecular complexity index is 1400. The number of thiazole rings is 1. The molecule has 1 aliphatic rings. The average molecular weight is 540 g/mol. The van der Waals surface area contributed by atoms with Gasteiger partial charge in [-0.3, -0.25) is 0 Å². The maximum Gasteiger partial charge on any atom is 0.416 e. The van der Waals surface area contributed by atoms with Crippen LogP contribution in [0.25, 0.3) is 21.8 Å². The van der Waals surface area contributed by atoms with Crippen LogP contribution < -0.4 is 5.32 Å². The smallest absolute Gasteiger partial charge is 0.383 e. The van der Waals surface area contributed by atoms with Gasteiger partial charge in [0, 0.05) is 24.8 Å². The molecular weight excluding hydrogens is 511 g/mol. The molecule has 0 radical (unpaired) electrons. The predicted octanol–water partition coefficient (Wildman–Crippen LogP) is 6.37. The van der Waals surface area contributed by atoms with Gasteiger partial charge in [-0.25, -0.2) is 15.0 Å². The molecule has 1 fully saturated rings. The molecule has 1 aliphatic heterocycles. The van der Waals surface area contributed by atoms with Crippen molar-refractivity contribution < 1.29 is 18.3 Å². The van der Waals surface area contributed by atoms with Gasteiger partial charge in [0.1, 0.15) is 10.6 Å². The lowest BCUT2D eigenvalue weighted by Crippen LogP contribution is -2.40. The lowest BCUT2D eigenvalue weighted by molar-refractivity contribution is -0.137. The van der Waals surface area contributed by atoms with Crippen molar-refractivity contribution in [2.45, 2.75) is 37.6 Å². The number of aromatic nitrogens is 3. The van der Waals surface area contributed by atoms with Crippen molar-refractivity contribution in [3.8, 4) is 21.8 Å². The molecule has 6 nitrogen and oxygen atoms in total. The van der Waals surface area contributed by atoms with E-state index in [0.29, 0.717) is 58.7 Å². The second-order valence-corrected chi connectivity index (χ2v) is 10.7. The topological polar surface area (TPSA) is 74.2 Å². The number of rotatable bonds is 6. The maximum absolute atomic E-state index is 13.5. The highest BCUT2D eigenvalue weighted by Gasteiger charge is 2.37. The molecule has 0 aliphatic carbocycles. The fraction of sp³-hybridized carbons (Fsp3) is 0.321. The van der Waals surface area contributed by atoms with Crippen molar-refractivity contribution in [2.24, 2.45) is 0 Å². The number of anilines is 1. The number of nitrogens with one attached hydrogen (secondary N) is 1. The third-order valence-electron chi connectivity index (χ3n) is 6.84. The molecule has 0 amide bonds. The van der Waals surface area contributed by atoms with Gasteiger partial charge in [-0.15, -0.1) is 11.3 Å². The summed E-state index contributed by atoms with van der Waals surface area (Å²) in [6.45, 7) is 3.40. The minimum atomic E-state index is -4.49. The molecule has 1 saturated heterocycles. The van der Waals surface area contributed by atoms with E-state index in [-0.39, 0.29) is 6.04 Å². The number of aliphatic hydroxyl groups is 1. The SMILES string of the molecule is CC(Nc1nccc(-c2sc(C3(O)CCN(C)CC3)nc2-c2cccc(C(F)(F)F)c2)n1)c1ccccc1. The summed E-state index contributed by atoms with van der Waals surface area (Å²) in [4.78, 5) is 16.5. The Kier molecular flexibility index (Phi) is 7.21. The van der Waals surface area contributed by atoms with Crippen molar-refractivity contribution in [3.63, 3.8) is 0 Å². The number of likely N-dealkylation sites (tertiary alicyclic amines) is 1. The van der Waals surface area contributed by atoms with E-state index in [4.69, 9.17) is 9.97 Å². The van der Waals surface area contributed by atoms with Crippen molar-refractivity contribution in [1.29, 1.82) is 0 Å². The molecular formula is C28H28F3N5OS. The van der Waals surface area contributed by atoms with Crippen LogP contribution in [0.15, 0.2) is 66.9 Å². The summed E-state index contributed by atoms with van der Waals surface area (Å²) in [5.74, 6) is 0.391. The Morgan fingerprint density at radius 3 is 2.47 bits per heavy atom. The van der Waals surface area contributed by atoms with E-state index in [0.717, 1.165) is 17.7 Å². The Morgan fingerprint density at radius 2 is 1.76 bits per heavy atom. The van der Waals surface area contributed by atoms with E-state index in [1.54, 1.807) is 18.3 Å². The van der Waals surface area contributed by atoms with Crippen LogP contribution in [0.2, 0.25) is 0 Å². The number of nitrogens with zero attached hydrogens (tertiary/aromatic N) is 4. The number of hydrogen-bond donors (Lipinski definition) is 2. The average Bonchev–Trinajstić information content (AvgIpc) is 3.37. The molecule has 0 spiro atoms. The summed E-state index contributed by atoms with van der Waals surface area (Å²) < 4.78 is 40.6. The van der Waals surface area contributed by atoms with E-state index < -0.39 is 17.3 Å². The van der Waals surface area contributed by atoms with E-state index >= 15 is 0 Å². The molecule has 1 unspecified atom stereocenters. The number of halogens is 3. The molecule has 4 aromatic rings. The molecule has 10 heteroatoms. The normalized spacial score (nSPS) is 16.8. The summed E-state index contributed by atoms with van der Waals surface area (Å²) in [7, 11) is 1.99. The minimum absolute atomic E-state index is 0.0636. The van der Waals surface area contributed by atoms with Gasteiger partial charge in [-0.2, -0.15) is 13.2 Å². The van der Waals surface area contributed by atoms with Crippen LogP contribution in [0, 0.1) is 0 Å². The van der Waals surface area contributed by atoms with Gasteiger partial charge in [0.05, 0.1) is 27.9 Å². The molecule has 5 rings (SSSR count). The van der Waals surface area contributed by atoms with Crippen molar-refractivity contribution in [2.75, 3.05) is 25.5 Å². The highest BCUT2D eigenvalue weighted by atomic mass is 32.1. The summed E-state index contributed by atoms with van der Waals surface area (Å²) in [5, 5.41) is 15.3. The van der Waals surface area contributed by atoms with Crippen LogP contribution >= 0.6 is 11.3 Å². The fourth-order valence-electron chi connectivity index (χ4n) is 4.51. The van der Waals surface area contributed by atoms with E-state index in [1.807, 2.05) is 44.3 Å². The Hall–Kier alpha value is -3.34. The van der Waals surface area contributed by atoms with Gasteiger partial charge in [0.2, 0.25) is 5.95 Å². The third kappa shape index (κ3) is 5.57. The first-order valence-corrected chi connectivity index (χ1v) is 13.2. The lowest BCUT2D eigenvalue weighted by atomic mass is 9.92. The van der Waals surface area contributed by atoms with Gasteiger partial charge in [-0.1, -0.05) is 42.5 Å². The second kappa shape index (κ2) is 10.4. The van der Waals surface area contributed by atoms with E-state index in [9.17, 15) is 18.3 Å². The number of benzene rings is 2. The number of alkyl halides is 3. The highest BCUT2D eigenvalue weighted by Crippen LogP contribution is 2.44. The summed E-state index contributed by atoms with van der Waals surface area (Å²) in [6.07, 6.45) is -1.89. The zero-order valence-electron chi connectivity index (χ0n) is 21.0. The largest absolute Gasteiger partial charge is 0.416 e. The van der Waals surface area contributed by atoms with Crippen LogP contribution in [0.1, 0.15) is 41.9 Å². The predicted molar refractivity (Wildman–Crippen MR) is 143 cm³/mol. The van der Waals surface area contributed by atoms with Gasteiger partial charge in [0.15, 0.2) is 0 Å². The van der Waals surface area contributed by atoms with Gasteiger partial charge in [0.25, 0.3) is 0 Å². The zero-order chi connectivity index (χ0) is 26.9. The van der Waals surface area contributed by atoms with Crippen molar-refractivity contribution in [1.82, 2.24) is 19.9 Å². The molecule has 2 aromatic carbocycles. The number of piperidine rings is 1. The molecule has 2 aromatic heterocycles. The zero-order valence-corrected chi connectivity index (χ0v) is 21.9. The minimum Gasteiger partial charge on any atom is -0.383 e. The molecule has 0 saturated carbocycles. The summed E-state index contributed by atoms with van der Waals surface area (Å²) in [5.41, 5.74) is 0.368. The first kappa shape index (κ1) is 26.3. The third-order valence-corrected chi connectivity index (χ3v) is 8.11. The van der Waals surface area contributed by atoms with Crippen LogP contribution in [-0.4, -0.2) is 45.1 Å². The van der Waals surface area contributed by atoms with Crippen LogP contribution in [0.5, 0.6) is 0 Å². The summed E-state index contributed by atoms with van der Waals surface area (Å²) in [6, 6.07) is 16.6. The quantitative estimate of drug-likeness (QED) is 0.297. The molecule has 2 N–H and O–H groups in total. The Balaban J connectivity index is 1.56. The van der Waals surface area contributed by atoms with Gasteiger partial charge < -0.3 is 15.3 Å². The first-order chi connectivity index (χ1) is 18.1. The molecule has 3 heterocycles. The standard InChI is InChI=1S/C28H28F3N5OS/c1-18(19-7-4-3-5-8-19)33-26-32-14-11-22(34-26)24-23(20-9-6-10-21(17-20)28(29,30)31)35-25(38-24)27(37)12-15-36(2)16-13-27/h3-11,14,17-18,37H,12-13,15-16H2,1-2H3,(H,32,33,34). The van der Waals surface area contributed by atoms with Gasteiger partial charge >= 0.3 is 6.18 Å². The van der Waals surface area contributed by atoms with Crippen molar-refractivity contribution >= 4 is 17.3 Å². The molecule has 1 atom stereocenters. The first-order valence-electron chi connectivity index (χ1n) is 12.4. The maximum atomic E-state index is 13.5. The Morgan fingerprint density at radius 1 is 1.03 bits per heavy atom.